The molecule has 158 valence electrons. The highest BCUT2D eigenvalue weighted by Gasteiger charge is 2.35. The number of aromatic nitrogens is 4. The van der Waals surface area contributed by atoms with E-state index in [1.807, 2.05) is 0 Å². The Kier molecular flexibility index (Phi) is 5.59. The SMILES string of the molecule is Cc1nnnn1-c1cc(NC(=O)CCCN2C(=O)c3ccc(Br)cc3C2=O)ccc1F. The number of hydrogen-bond donors (Lipinski definition) is 1. The molecule has 1 aromatic heterocycles. The maximum atomic E-state index is 14.1. The first-order chi connectivity index (χ1) is 14.8. The van der Waals surface area contributed by atoms with Gasteiger partial charge in [-0.2, -0.15) is 4.68 Å². The zero-order valence-corrected chi connectivity index (χ0v) is 17.9. The molecule has 0 radical (unpaired) electrons. The first kappa shape index (κ1) is 20.8. The second kappa shape index (κ2) is 8.34. The van der Waals surface area contributed by atoms with Gasteiger partial charge in [0.15, 0.2) is 5.82 Å². The van der Waals surface area contributed by atoms with Crippen molar-refractivity contribution in [1.29, 1.82) is 0 Å². The predicted octanol–water partition coefficient (Wildman–Crippen LogP) is 2.89. The maximum absolute atomic E-state index is 14.1. The van der Waals surface area contributed by atoms with E-state index in [0.717, 1.165) is 4.90 Å². The van der Waals surface area contributed by atoms with Crippen LogP contribution in [0.25, 0.3) is 5.69 Å². The van der Waals surface area contributed by atoms with Crippen LogP contribution >= 0.6 is 15.9 Å². The van der Waals surface area contributed by atoms with Crippen molar-refractivity contribution >= 4 is 39.3 Å². The highest BCUT2D eigenvalue weighted by molar-refractivity contribution is 9.10. The number of carbonyl (C=O) groups excluding carboxylic acids is 3. The molecule has 0 aliphatic carbocycles. The third-order valence-electron chi connectivity index (χ3n) is 4.80. The number of tetrazole rings is 1. The maximum Gasteiger partial charge on any atom is 0.261 e. The lowest BCUT2D eigenvalue weighted by atomic mass is 10.1. The Bertz CT molecular complexity index is 1210. The average molecular weight is 487 g/mol. The number of benzene rings is 2. The topological polar surface area (TPSA) is 110 Å². The number of nitrogens with zero attached hydrogens (tertiary/aromatic N) is 5. The summed E-state index contributed by atoms with van der Waals surface area (Å²) in [4.78, 5) is 38.4. The van der Waals surface area contributed by atoms with Crippen LogP contribution in [0.2, 0.25) is 0 Å². The molecule has 0 saturated carbocycles. The molecule has 0 bridgehead atoms. The summed E-state index contributed by atoms with van der Waals surface area (Å²) in [5.41, 5.74) is 1.19. The number of nitrogens with one attached hydrogen (secondary N) is 1. The lowest BCUT2D eigenvalue weighted by molar-refractivity contribution is -0.116. The normalized spacial score (nSPS) is 12.9. The summed E-state index contributed by atoms with van der Waals surface area (Å²) in [6.45, 7) is 1.75. The van der Waals surface area contributed by atoms with Crippen LogP contribution in [-0.4, -0.2) is 49.4 Å². The number of anilines is 1. The van der Waals surface area contributed by atoms with E-state index >= 15 is 0 Å². The number of rotatable bonds is 6. The zero-order chi connectivity index (χ0) is 22.1. The monoisotopic (exact) mass is 486 g/mol. The van der Waals surface area contributed by atoms with Crippen molar-refractivity contribution in [2.24, 2.45) is 0 Å². The number of imide groups is 1. The van der Waals surface area contributed by atoms with Gasteiger partial charge in [0.25, 0.3) is 11.8 Å². The minimum Gasteiger partial charge on any atom is -0.326 e. The Morgan fingerprint density at radius 2 is 1.90 bits per heavy atom. The van der Waals surface area contributed by atoms with Gasteiger partial charge in [-0.25, -0.2) is 4.39 Å². The molecule has 0 fully saturated rings. The molecule has 4 rings (SSSR count). The van der Waals surface area contributed by atoms with Crippen LogP contribution in [0.15, 0.2) is 40.9 Å². The van der Waals surface area contributed by atoms with Crippen LogP contribution in [-0.2, 0) is 4.79 Å². The van der Waals surface area contributed by atoms with Crippen LogP contribution in [0.1, 0.15) is 39.4 Å². The standard InChI is InChI=1S/C20H16BrFN6O3/c1-11-24-25-26-28(11)17-10-13(5-7-16(17)22)23-18(29)3-2-8-27-19(30)14-6-4-12(21)9-15(14)20(27)31/h4-7,9-10H,2-3,8H2,1H3,(H,23,29). The van der Waals surface area contributed by atoms with E-state index in [2.05, 4.69) is 36.8 Å². The molecule has 0 atom stereocenters. The number of aryl methyl sites for hydroxylation is 1. The van der Waals surface area contributed by atoms with Gasteiger partial charge >= 0.3 is 0 Å². The molecule has 0 unspecified atom stereocenters. The first-order valence-electron chi connectivity index (χ1n) is 9.35. The quantitative estimate of drug-likeness (QED) is 0.536. The second-order valence-electron chi connectivity index (χ2n) is 6.91. The summed E-state index contributed by atoms with van der Waals surface area (Å²) in [5.74, 6) is -1.21. The van der Waals surface area contributed by atoms with E-state index in [0.29, 0.717) is 33.5 Å². The highest BCUT2D eigenvalue weighted by atomic mass is 79.9. The molecular weight excluding hydrogens is 471 g/mol. The lowest BCUT2D eigenvalue weighted by Gasteiger charge is -2.13. The molecule has 3 amide bonds. The Balaban J connectivity index is 1.36. The molecular formula is C20H16BrFN6O3. The van der Waals surface area contributed by atoms with Crippen molar-refractivity contribution in [2.75, 3.05) is 11.9 Å². The van der Waals surface area contributed by atoms with E-state index < -0.39 is 5.82 Å². The Hall–Kier alpha value is -3.47. The summed E-state index contributed by atoms with van der Waals surface area (Å²) in [7, 11) is 0. The third kappa shape index (κ3) is 4.08. The molecule has 31 heavy (non-hydrogen) atoms. The summed E-state index contributed by atoms with van der Waals surface area (Å²) in [6, 6.07) is 8.99. The highest BCUT2D eigenvalue weighted by Crippen LogP contribution is 2.26. The van der Waals surface area contributed by atoms with E-state index in [4.69, 9.17) is 0 Å². The van der Waals surface area contributed by atoms with Crippen molar-refractivity contribution in [3.8, 4) is 5.69 Å². The zero-order valence-electron chi connectivity index (χ0n) is 16.3. The fourth-order valence-corrected chi connectivity index (χ4v) is 3.66. The molecule has 1 aliphatic rings. The molecule has 2 heterocycles. The Labute approximate surface area is 184 Å². The van der Waals surface area contributed by atoms with Gasteiger partial charge in [-0.15, -0.1) is 5.10 Å². The molecule has 2 aromatic carbocycles. The van der Waals surface area contributed by atoms with Crippen LogP contribution in [0.4, 0.5) is 10.1 Å². The van der Waals surface area contributed by atoms with Gasteiger partial charge in [0.2, 0.25) is 5.91 Å². The molecule has 0 saturated heterocycles. The molecule has 3 aromatic rings. The largest absolute Gasteiger partial charge is 0.326 e. The van der Waals surface area contributed by atoms with Gasteiger partial charge in [0.1, 0.15) is 11.5 Å². The minimum atomic E-state index is -0.536. The molecule has 11 heteroatoms. The number of hydrogen-bond acceptors (Lipinski definition) is 6. The number of halogens is 2. The smallest absolute Gasteiger partial charge is 0.261 e. The van der Waals surface area contributed by atoms with Crippen LogP contribution < -0.4 is 5.32 Å². The van der Waals surface area contributed by atoms with E-state index in [1.54, 1.807) is 25.1 Å². The summed E-state index contributed by atoms with van der Waals surface area (Å²) < 4.78 is 16.1. The van der Waals surface area contributed by atoms with Crippen LogP contribution in [0.5, 0.6) is 0 Å². The lowest BCUT2D eigenvalue weighted by Crippen LogP contribution is -2.31. The second-order valence-corrected chi connectivity index (χ2v) is 7.82. The fourth-order valence-electron chi connectivity index (χ4n) is 3.29. The van der Waals surface area contributed by atoms with Crippen molar-refractivity contribution < 1.29 is 18.8 Å². The fraction of sp³-hybridized carbons (Fsp3) is 0.200. The first-order valence-corrected chi connectivity index (χ1v) is 10.1. The summed E-state index contributed by atoms with van der Waals surface area (Å²) >= 11 is 3.29. The van der Waals surface area contributed by atoms with E-state index in [-0.39, 0.29) is 36.4 Å². The summed E-state index contributed by atoms with van der Waals surface area (Å²) in [6.07, 6.45) is 0.367. The van der Waals surface area contributed by atoms with Crippen molar-refractivity contribution in [1.82, 2.24) is 25.1 Å². The average Bonchev–Trinajstić information content (AvgIpc) is 3.26. The minimum absolute atomic E-state index is 0.0771. The summed E-state index contributed by atoms with van der Waals surface area (Å²) in [5, 5.41) is 13.6. The molecule has 0 spiro atoms. The number of fused-ring (bicyclic) bond motifs is 1. The van der Waals surface area contributed by atoms with Gasteiger partial charge < -0.3 is 5.32 Å². The van der Waals surface area contributed by atoms with Gasteiger partial charge in [-0.05, 0) is 60.2 Å². The Morgan fingerprint density at radius 1 is 1.13 bits per heavy atom. The Morgan fingerprint density at radius 3 is 2.65 bits per heavy atom. The van der Waals surface area contributed by atoms with Gasteiger partial charge in [-0.1, -0.05) is 15.9 Å². The van der Waals surface area contributed by atoms with E-state index in [1.165, 1.54) is 22.9 Å². The van der Waals surface area contributed by atoms with Crippen LogP contribution in [0, 0.1) is 12.7 Å². The molecule has 9 nitrogen and oxygen atoms in total. The van der Waals surface area contributed by atoms with Gasteiger partial charge in [-0.3, -0.25) is 19.3 Å². The predicted molar refractivity (Wildman–Crippen MR) is 111 cm³/mol. The van der Waals surface area contributed by atoms with Gasteiger partial charge in [0.05, 0.1) is 11.1 Å². The molecule has 1 aliphatic heterocycles. The molecule has 1 N–H and O–H groups in total. The number of carbonyl (C=O) groups is 3. The van der Waals surface area contributed by atoms with Crippen molar-refractivity contribution in [2.45, 2.75) is 19.8 Å². The number of amides is 3. The van der Waals surface area contributed by atoms with Crippen molar-refractivity contribution in [3.05, 3.63) is 63.6 Å². The third-order valence-corrected chi connectivity index (χ3v) is 5.30. The van der Waals surface area contributed by atoms with Gasteiger partial charge in [0, 0.05) is 23.1 Å². The van der Waals surface area contributed by atoms with Crippen molar-refractivity contribution in [3.63, 3.8) is 0 Å². The van der Waals surface area contributed by atoms with Crippen LogP contribution in [0.3, 0.4) is 0 Å². The van der Waals surface area contributed by atoms with E-state index in [9.17, 15) is 18.8 Å².